The maximum absolute atomic E-state index is 11.7. The zero-order chi connectivity index (χ0) is 13.8. The van der Waals surface area contributed by atoms with E-state index >= 15 is 0 Å². The molecule has 0 saturated heterocycles. The van der Waals surface area contributed by atoms with E-state index in [4.69, 9.17) is 23.2 Å². The van der Waals surface area contributed by atoms with E-state index in [1.807, 2.05) is 0 Å². The molecule has 1 aromatic heterocycles. The number of halogens is 2. The Labute approximate surface area is 119 Å². The van der Waals surface area contributed by atoms with Crippen LogP contribution in [0.2, 0.25) is 10.0 Å². The number of rotatable bonds is 4. The van der Waals surface area contributed by atoms with Gasteiger partial charge in [-0.25, -0.2) is 4.98 Å². The average Bonchev–Trinajstić information content (AvgIpc) is 2.89. The maximum atomic E-state index is 11.7. The molecular weight excluding hydrogens is 289 g/mol. The number of aromatic nitrogens is 2. The standard InChI is InChI=1S/C12H11Cl2N3O2/c13-7-2-1-3-8(14)11(7)10(18)5-16-12(19)9-4-15-6-17-9/h1-4,6,10,18H,5H2,(H,15,17)(H,16,19)/t10-/m0/s1. The number of benzene rings is 1. The van der Waals surface area contributed by atoms with E-state index in [0.717, 1.165) is 0 Å². The molecule has 0 unspecified atom stereocenters. The summed E-state index contributed by atoms with van der Waals surface area (Å²) in [6.07, 6.45) is 1.81. The summed E-state index contributed by atoms with van der Waals surface area (Å²) in [6.45, 7) is 0.00130. The zero-order valence-electron chi connectivity index (χ0n) is 9.73. The Morgan fingerprint density at radius 1 is 1.42 bits per heavy atom. The van der Waals surface area contributed by atoms with Crippen molar-refractivity contribution in [3.05, 3.63) is 52.0 Å². The fourth-order valence-corrected chi connectivity index (χ4v) is 2.25. The average molecular weight is 300 g/mol. The van der Waals surface area contributed by atoms with Crippen molar-refractivity contribution in [3.63, 3.8) is 0 Å². The summed E-state index contributed by atoms with van der Waals surface area (Å²) in [5.41, 5.74) is 0.716. The molecule has 3 N–H and O–H groups in total. The number of hydrogen-bond donors (Lipinski definition) is 3. The summed E-state index contributed by atoms with van der Waals surface area (Å²) in [7, 11) is 0. The predicted octanol–water partition coefficient (Wildman–Crippen LogP) is 2.18. The summed E-state index contributed by atoms with van der Waals surface area (Å²) >= 11 is 11.9. The molecule has 2 rings (SSSR count). The molecule has 1 heterocycles. The smallest absolute Gasteiger partial charge is 0.269 e. The fraction of sp³-hybridized carbons (Fsp3) is 0.167. The van der Waals surface area contributed by atoms with Crippen LogP contribution < -0.4 is 5.32 Å². The maximum Gasteiger partial charge on any atom is 0.269 e. The molecule has 7 heteroatoms. The Bertz CT molecular complexity index is 552. The van der Waals surface area contributed by atoms with E-state index < -0.39 is 6.10 Å². The number of carbonyl (C=O) groups is 1. The number of amides is 1. The molecule has 5 nitrogen and oxygen atoms in total. The van der Waals surface area contributed by atoms with Crippen molar-refractivity contribution >= 4 is 29.1 Å². The van der Waals surface area contributed by atoms with Crippen molar-refractivity contribution in [1.82, 2.24) is 15.3 Å². The Balaban J connectivity index is 2.02. The van der Waals surface area contributed by atoms with Crippen LogP contribution in [-0.2, 0) is 0 Å². The van der Waals surface area contributed by atoms with Gasteiger partial charge >= 0.3 is 0 Å². The number of nitrogens with one attached hydrogen (secondary N) is 2. The second-order valence-corrected chi connectivity index (χ2v) is 4.64. The van der Waals surface area contributed by atoms with Gasteiger partial charge in [0.2, 0.25) is 0 Å². The van der Waals surface area contributed by atoms with Crippen molar-refractivity contribution in [1.29, 1.82) is 0 Å². The molecule has 100 valence electrons. The minimum atomic E-state index is -0.979. The molecule has 0 bridgehead atoms. The summed E-state index contributed by atoms with van der Waals surface area (Å²) in [6, 6.07) is 4.94. The molecule has 2 aromatic rings. The lowest BCUT2D eigenvalue weighted by Crippen LogP contribution is -2.28. The number of imidazole rings is 1. The number of nitrogens with zero attached hydrogens (tertiary/aromatic N) is 1. The van der Waals surface area contributed by atoms with Crippen LogP contribution >= 0.6 is 23.2 Å². The third kappa shape index (κ3) is 3.26. The highest BCUT2D eigenvalue weighted by molar-refractivity contribution is 6.36. The Morgan fingerprint density at radius 2 is 2.11 bits per heavy atom. The Hall–Kier alpha value is -1.56. The number of hydrogen-bond acceptors (Lipinski definition) is 3. The van der Waals surface area contributed by atoms with E-state index in [1.165, 1.54) is 12.5 Å². The number of H-pyrrole nitrogens is 1. The third-order valence-electron chi connectivity index (χ3n) is 2.53. The first-order chi connectivity index (χ1) is 9.09. The van der Waals surface area contributed by atoms with Gasteiger partial charge in [0, 0.05) is 22.2 Å². The predicted molar refractivity (Wildman–Crippen MR) is 72.3 cm³/mol. The molecule has 0 saturated carbocycles. The van der Waals surface area contributed by atoms with Crippen LogP contribution in [0.5, 0.6) is 0 Å². The molecule has 1 aromatic carbocycles. The zero-order valence-corrected chi connectivity index (χ0v) is 11.2. The first kappa shape index (κ1) is 13.9. The second kappa shape index (κ2) is 6.06. The molecule has 0 radical (unpaired) electrons. The monoisotopic (exact) mass is 299 g/mol. The largest absolute Gasteiger partial charge is 0.386 e. The van der Waals surface area contributed by atoms with Crippen molar-refractivity contribution in [2.45, 2.75) is 6.10 Å². The number of carbonyl (C=O) groups excluding carboxylic acids is 1. The Kier molecular flexibility index (Phi) is 4.42. The van der Waals surface area contributed by atoms with Crippen LogP contribution in [-0.4, -0.2) is 27.5 Å². The molecule has 0 aliphatic rings. The summed E-state index contributed by atoms with van der Waals surface area (Å²) in [4.78, 5) is 18.1. The van der Waals surface area contributed by atoms with Crippen molar-refractivity contribution in [3.8, 4) is 0 Å². The minimum Gasteiger partial charge on any atom is -0.386 e. The van der Waals surface area contributed by atoms with E-state index in [2.05, 4.69) is 15.3 Å². The van der Waals surface area contributed by atoms with E-state index in [1.54, 1.807) is 18.2 Å². The first-order valence-electron chi connectivity index (χ1n) is 5.48. The summed E-state index contributed by atoms with van der Waals surface area (Å²) < 4.78 is 0. The fourth-order valence-electron chi connectivity index (χ4n) is 1.60. The van der Waals surface area contributed by atoms with Crippen LogP contribution in [0.1, 0.15) is 22.2 Å². The molecule has 0 fully saturated rings. The van der Waals surface area contributed by atoms with Crippen molar-refractivity contribution in [2.75, 3.05) is 6.54 Å². The highest BCUT2D eigenvalue weighted by atomic mass is 35.5. The van der Waals surface area contributed by atoms with E-state index in [9.17, 15) is 9.90 Å². The quantitative estimate of drug-likeness (QED) is 0.810. The summed E-state index contributed by atoms with van der Waals surface area (Å²) in [5, 5.41) is 13.3. The molecule has 1 atom stereocenters. The van der Waals surface area contributed by atoms with Gasteiger partial charge in [-0.1, -0.05) is 29.3 Å². The molecule has 1 amide bonds. The van der Waals surface area contributed by atoms with Crippen LogP contribution in [0.3, 0.4) is 0 Å². The topological polar surface area (TPSA) is 78.0 Å². The first-order valence-corrected chi connectivity index (χ1v) is 6.23. The molecule has 19 heavy (non-hydrogen) atoms. The van der Waals surface area contributed by atoms with Gasteiger partial charge in [0.05, 0.1) is 18.6 Å². The van der Waals surface area contributed by atoms with E-state index in [0.29, 0.717) is 21.3 Å². The van der Waals surface area contributed by atoms with Gasteiger partial charge in [0.25, 0.3) is 5.91 Å². The minimum absolute atomic E-state index is 0.00130. The lowest BCUT2D eigenvalue weighted by molar-refractivity contribution is 0.0912. The van der Waals surface area contributed by atoms with Crippen molar-refractivity contribution < 1.29 is 9.90 Å². The highest BCUT2D eigenvalue weighted by Gasteiger charge is 2.17. The molecule has 0 aliphatic heterocycles. The number of aliphatic hydroxyl groups excluding tert-OH is 1. The molecule has 0 spiro atoms. The van der Waals surface area contributed by atoms with Crippen LogP contribution in [0, 0.1) is 0 Å². The SMILES string of the molecule is O=C(NC[C@H](O)c1c(Cl)cccc1Cl)c1cnc[nH]1. The van der Waals surface area contributed by atoms with Gasteiger partial charge in [-0.2, -0.15) is 0 Å². The van der Waals surface area contributed by atoms with Crippen LogP contribution in [0.15, 0.2) is 30.7 Å². The second-order valence-electron chi connectivity index (χ2n) is 3.83. The normalized spacial score (nSPS) is 12.2. The molecule has 0 aliphatic carbocycles. The third-order valence-corrected chi connectivity index (χ3v) is 3.19. The van der Waals surface area contributed by atoms with Crippen LogP contribution in [0.25, 0.3) is 0 Å². The van der Waals surface area contributed by atoms with Crippen molar-refractivity contribution in [2.24, 2.45) is 0 Å². The highest BCUT2D eigenvalue weighted by Crippen LogP contribution is 2.29. The van der Waals surface area contributed by atoms with Gasteiger partial charge in [-0.3, -0.25) is 4.79 Å². The van der Waals surface area contributed by atoms with Gasteiger partial charge < -0.3 is 15.4 Å². The van der Waals surface area contributed by atoms with Gasteiger partial charge in [0.15, 0.2) is 0 Å². The van der Waals surface area contributed by atoms with Gasteiger partial charge in [0.1, 0.15) is 5.69 Å². The number of aliphatic hydroxyl groups is 1. The Morgan fingerprint density at radius 3 is 2.68 bits per heavy atom. The number of aromatic amines is 1. The lowest BCUT2D eigenvalue weighted by Gasteiger charge is -2.14. The van der Waals surface area contributed by atoms with Gasteiger partial charge in [-0.05, 0) is 12.1 Å². The summed E-state index contributed by atoms with van der Waals surface area (Å²) in [5.74, 6) is -0.361. The van der Waals surface area contributed by atoms with Gasteiger partial charge in [-0.15, -0.1) is 0 Å². The lowest BCUT2D eigenvalue weighted by atomic mass is 10.1. The molecular formula is C12H11Cl2N3O2. The van der Waals surface area contributed by atoms with E-state index in [-0.39, 0.29) is 12.5 Å². The van der Waals surface area contributed by atoms with Crippen LogP contribution in [0.4, 0.5) is 0 Å².